The van der Waals surface area contributed by atoms with Gasteiger partial charge in [0, 0.05) is 26.7 Å². The molecule has 21 heavy (non-hydrogen) atoms. The van der Waals surface area contributed by atoms with Gasteiger partial charge in [-0.05, 0) is 24.7 Å². The zero-order valence-corrected chi connectivity index (χ0v) is 14.1. The summed E-state index contributed by atoms with van der Waals surface area (Å²) in [5.41, 5.74) is -0.723. The highest BCUT2D eigenvalue weighted by atomic mass is 16.4. The summed E-state index contributed by atoms with van der Waals surface area (Å²) in [7, 11) is 1.80. The van der Waals surface area contributed by atoms with Crippen LogP contribution in [0.5, 0.6) is 0 Å². The molecule has 0 saturated carbocycles. The SMILES string of the molecule is CCCC1(C(=O)O)CCCN(C(=O)N(C)CC(C)(C)C)C1. The van der Waals surface area contributed by atoms with Crippen molar-refractivity contribution in [3.05, 3.63) is 0 Å². The Kier molecular flexibility index (Phi) is 5.65. The zero-order valence-electron chi connectivity index (χ0n) is 14.1. The topological polar surface area (TPSA) is 60.9 Å². The first-order valence-corrected chi connectivity index (χ1v) is 7.85. The van der Waals surface area contributed by atoms with Crippen LogP contribution in [-0.4, -0.2) is 53.6 Å². The molecule has 5 nitrogen and oxygen atoms in total. The van der Waals surface area contributed by atoms with Gasteiger partial charge in [-0.1, -0.05) is 34.1 Å². The van der Waals surface area contributed by atoms with Gasteiger partial charge in [0.05, 0.1) is 5.41 Å². The van der Waals surface area contributed by atoms with E-state index in [1.54, 1.807) is 16.8 Å². The molecule has 0 aromatic rings. The van der Waals surface area contributed by atoms with Gasteiger partial charge in [-0.15, -0.1) is 0 Å². The quantitative estimate of drug-likeness (QED) is 0.867. The second kappa shape index (κ2) is 6.67. The predicted octanol–water partition coefficient (Wildman–Crippen LogP) is 3.05. The number of carboxylic acid groups (broad SMARTS) is 1. The molecule has 1 fully saturated rings. The number of urea groups is 1. The van der Waals surface area contributed by atoms with Gasteiger partial charge in [-0.2, -0.15) is 0 Å². The van der Waals surface area contributed by atoms with E-state index in [4.69, 9.17) is 0 Å². The second-order valence-electron chi connectivity index (χ2n) is 7.56. The molecule has 0 spiro atoms. The molecule has 1 atom stereocenters. The van der Waals surface area contributed by atoms with Crippen LogP contribution in [0.15, 0.2) is 0 Å². The maximum atomic E-state index is 12.5. The number of hydrogen-bond donors (Lipinski definition) is 1. The normalized spacial score (nSPS) is 23.0. The molecule has 0 aromatic heterocycles. The first-order chi connectivity index (χ1) is 9.61. The van der Waals surface area contributed by atoms with Gasteiger partial charge >= 0.3 is 12.0 Å². The van der Waals surface area contributed by atoms with Crippen molar-refractivity contribution in [3.63, 3.8) is 0 Å². The van der Waals surface area contributed by atoms with E-state index in [-0.39, 0.29) is 11.4 Å². The molecule has 2 amide bonds. The molecule has 5 heteroatoms. The highest BCUT2D eigenvalue weighted by molar-refractivity contribution is 5.78. The molecule has 1 saturated heterocycles. The summed E-state index contributed by atoms with van der Waals surface area (Å²) in [5.74, 6) is -0.764. The number of carbonyl (C=O) groups is 2. The molecule has 1 aliphatic heterocycles. The molecule has 1 aliphatic rings. The molecular weight excluding hydrogens is 268 g/mol. The van der Waals surface area contributed by atoms with Crippen LogP contribution in [0.25, 0.3) is 0 Å². The lowest BCUT2D eigenvalue weighted by atomic mass is 9.76. The van der Waals surface area contributed by atoms with Gasteiger partial charge in [0.2, 0.25) is 0 Å². The minimum Gasteiger partial charge on any atom is -0.481 e. The summed E-state index contributed by atoms with van der Waals surface area (Å²) in [6.45, 7) is 9.92. The van der Waals surface area contributed by atoms with Gasteiger partial charge in [-0.25, -0.2) is 4.79 Å². The molecule has 0 bridgehead atoms. The third-order valence-corrected chi connectivity index (χ3v) is 4.07. The summed E-state index contributed by atoms with van der Waals surface area (Å²) in [4.78, 5) is 27.7. The fourth-order valence-corrected chi connectivity index (χ4v) is 3.28. The standard InChI is InChI=1S/C16H30N2O3/c1-6-8-16(13(19)20)9-7-10-18(12-16)14(21)17(5)11-15(2,3)4/h6-12H2,1-5H3,(H,19,20). The van der Waals surface area contributed by atoms with Gasteiger partial charge in [-0.3, -0.25) is 4.79 Å². The Morgan fingerprint density at radius 3 is 2.43 bits per heavy atom. The lowest BCUT2D eigenvalue weighted by Gasteiger charge is -2.41. The van der Waals surface area contributed by atoms with Crippen LogP contribution in [0.1, 0.15) is 53.4 Å². The van der Waals surface area contributed by atoms with Crippen molar-refractivity contribution < 1.29 is 14.7 Å². The average molecular weight is 298 g/mol. The third kappa shape index (κ3) is 4.61. The average Bonchev–Trinajstić information content (AvgIpc) is 2.36. The van der Waals surface area contributed by atoms with Crippen LogP contribution in [-0.2, 0) is 4.79 Å². The largest absolute Gasteiger partial charge is 0.481 e. The first-order valence-electron chi connectivity index (χ1n) is 7.85. The third-order valence-electron chi connectivity index (χ3n) is 4.07. The molecular formula is C16H30N2O3. The Bertz CT molecular complexity index is 385. The molecule has 1 N–H and O–H groups in total. The summed E-state index contributed by atoms with van der Waals surface area (Å²) >= 11 is 0. The van der Waals surface area contributed by atoms with E-state index in [2.05, 4.69) is 20.8 Å². The van der Waals surface area contributed by atoms with Crippen LogP contribution in [0, 0.1) is 10.8 Å². The highest BCUT2D eigenvalue weighted by Gasteiger charge is 2.43. The molecule has 122 valence electrons. The minimum atomic E-state index is -0.764. The Morgan fingerprint density at radius 1 is 1.33 bits per heavy atom. The van der Waals surface area contributed by atoms with E-state index < -0.39 is 11.4 Å². The predicted molar refractivity (Wildman–Crippen MR) is 83.3 cm³/mol. The number of piperidine rings is 1. The lowest BCUT2D eigenvalue weighted by Crippen LogP contribution is -2.53. The lowest BCUT2D eigenvalue weighted by molar-refractivity contribution is -0.152. The number of rotatable bonds is 4. The van der Waals surface area contributed by atoms with Gasteiger partial charge in [0.15, 0.2) is 0 Å². The smallest absolute Gasteiger partial charge is 0.319 e. The molecule has 0 aromatic carbocycles. The van der Waals surface area contributed by atoms with E-state index in [1.807, 2.05) is 6.92 Å². The van der Waals surface area contributed by atoms with Gasteiger partial charge in [0.1, 0.15) is 0 Å². The summed E-state index contributed by atoms with van der Waals surface area (Å²) in [5, 5.41) is 9.59. The zero-order chi connectivity index (χ0) is 16.3. The van der Waals surface area contributed by atoms with Crippen LogP contribution in [0.3, 0.4) is 0 Å². The number of carboxylic acids is 1. The fraction of sp³-hybridized carbons (Fsp3) is 0.875. The molecule has 0 radical (unpaired) electrons. The van der Waals surface area contributed by atoms with Crippen molar-refractivity contribution in [2.45, 2.75) is 53.4 Å². The minimum absolute atomic E-state index is 0.0352. The van der Waals surface area contributed by atoms with Crippen molar-refractivity contribution in [3.8, 4) is 0 Å². The van der Waals surface area contributed by atoms with Crippen LogP contribution >= 0.6 is 0 Å². The Morgan fingerprint density at radius 2 is 1.95 bits per heavy atom. The molecule has 0 aliphatic carbocycles. The summed E-state index contributed by atoms with van der Waals surface area (Å²) in [6, 6.07) is -0.0497. The van der Waals surface area contributed by atoms with Crippen LogP contribution in [0.4, 0.5) is 4.79 Å². The first kappa shape index (κ1) is 17.8. The Labute approximate surface area is 128 Å². The monoisotopic (exact) mass is 298 g/mol. The van der Waals surface area contributed by atoms with Gasteiger partial charge < -0.3 is 14.9 Å². The number of hydrogen-bond acceptors (Lipinski definition) is 2. The molecule has 1 heterocycles. The van der Waals surface area contributed by atoms with Gasteiger partial charge in [0.25, 0.3) is 0 Å². The van der Waals surface area contributed by atoms with E-state index in [1.165, 1.54) is 0 Å². The van der Waals surface area contributed by atoms with E-state index in [0.29, 0.717) is 32.5 Å². The van der Waals surface area contributed by atoms with E-state index in [9.17, 15) is 14.7 Å². The van der Waals surface area contributed by atoms with Crippen molar-refractivity contribution in [1.29, 1.82) is 0 Å². The molecule has 1 unspecified atom stereocenters. The molecule has 1 rings (SSSR count). The summed E-state index contributed by atoms with van der Waals surface area (Å²) < 4.78 is 0. The number of nitrogens with zero attached hydrogens (tertiary/aromatic N) is 2. The van der Waals surface area contributed by atoms with Crippen molar-refractivity contribution >= 4 is 12.0 Å². The number of likely N-dealkylation sites (tertiary alicyclic amines) is 1. The van der Waals surface area contributed by atoms with Crippen molar-refractivity contribution in [1.82, 2.24) is 9.80 Å². The Hall–Kier alpha value is -1.26. The van der Waals surface area contributed by atoms with E-state index >= 15 is 0 Å². The second-order valence-corrected chi connectivity index (χ2v) is 7.56. The van der Waals surface area contributed by atoms with E-state index in [0.717, 1.165) is 12.8 Å². The van der Waals surface area contributed by atoms with Crippen molar-refractivity contribution in [2.75, 3.05) is 26.7 Å². The Balaban J connectivity index is 2.79. The number of carbonyl (C=O) groups excluding carboxylic acids is 1. The van der Waals surface area contributed by atoms with Crippen LogP contribution < -0.4 is 0 Å². The van der Waals surface area contributed by atoms with Crippen LogP contribution in [0.2, 0.25) is 0 Å². The highest BCUT2D eigenvalue weighted by Crippen LogP contribution is 2.35. The van der Waals surface area contributed by atoms with Crippen molar-refractivity contribution in [2.24, 2.45) is 10.8 Å². The maximum absolute atomic E-state index is 12.5. The number of aliphatic carboxylic acids is 1. The number of amides is 2. The maximum Gasteiger partial charge on any atom is 0.319 e. The summed E-state index contributed by atoms with van der Waals surface area (Å²) in [6.07, 6.45) is 2.89. The fourth-order valence-electron chi connectivity index (χ4n) is 3.28.